The lowest BCUT2D eigenvalue weighted by Gasteiger charge is -2.50. The largest absolute Gasteiger partial charge is 0.465 e. The molecule has 2 fully saturated rings. The molecule has 136 valence electrons. The van der Waals surface area contributed by atoms with E-state index in [0.717, 1.165) is 49.0 Å². The molecule has 2 aromatic rings. The summed E-state index contributed by atoms with van der Waals surface area (Å²) in [5, 5.41) is 0. The molecule has 2 atom stereocenters. The minimum Gasteiger partial charge on any atom is -0.465 e. The molecule has 5 rings (SSSR count). The Kier molecular flexibility index (Phi) is 3.50. The van der Waals surface area contributed by atoms with Gasteiger partial charge in [0, 0.05) is 17.5 Å². The number of aryl methyl sites for hydroxylation is 1. The van der Waals surface area contributed by atoms with E-state index in [1.165, 1.54) is 5.57 Å². The van der Waals surface area contributed by atoms with Crippen LogP contribution in [0.1, 0.15) is 55.0 Å². The monoisotopic (exact) mass is 369 g/mol. The van der Waals surface area contributed by atoms with Gasteiger partial charge >= 0.3 is 0 Å². The SMILES string of the molecule is Cc1ccc(S(=O)(=O)N2CCC[C@]34CCCC3=Cc3occc3[C@H]24)cc1. The highest BCUT2D eigenvalue weighted by molar-refractivity contribution is 7.89. The van der Waals surface area contributed by atoms with Gasteiger partial charge in [-0.05, 0) is 63.3 Å². The maximum atomic E-state index is 13.5. The summed E-state index contributed by atoms with van der Waals surface area (Å²) in [6, 6.07) is 9.04. The van der Waals surface area contributed by atoms with Crippen molar-refractivity contribution in [2.75, 3.05) is 6.54 Å². The molecule has 0 unspecified atom stereocenters. The molecule has 1 spiro atoms. The van der Waals surface area contributed by atoms with Crippen LogP contribution in [0.2, 0.25) is 0 Å². The second kappa shape index (κ2) is 5.57. The molecule has 1 aliphatic heterocycles. The predicted molar refractivity (Wildman–Crippen MR) is 100 cm³/mol. The number of fused-ring (bicyclic) bond motifs is 2. The molecule has 1 aromatic carbocycles. The summed E-state index contributed by atoms with van der Waals surface area (Å²) in [5.41, 5.74) is 3.43. The number of benzene rings is 1. The van der Waals surface area contributed by atoms with Crippen molar-refractivity contribution < 1.29 is 12.8 Å². The van der Waals surface area contributed by atoms with Crippen LogP contribution in [0, 0.1) is 12.3 Å². The summed E-state index contributed by atoms with van der Waals surface area (Å²) < 4.78 is 34.5. The molecule has 4 nitrogen and oxygen atoms in total. The number of hydrogen-bond donors (Lipinski definition) is 0. The molecule has 0 N–H and O–H groups in total. The predicted octanol–water partition coefficient (Wildman–Crippen LogP) is 4.68. The van der Waals surface area contributed by atoms with Crippen molar-refractivity contribution in [1.82, 2.24) is 4.31 Å². The average Bonchev–Trinajstić information content (AvgIpc) is 3.25. The Bertz CT molecular complexity index is 987. The Hall–Kier alpha value is -1.85. The molecule has 2 heterocycles. The first-order valence-electron chi connectivity index (χ1n) is 9.39. The zero-order chi connectivity index (χ0) is 17.9. The molecule has 2 aliphatic carbocycles. The highest BCUT2D eigenvalue weighted by Gasteiger charge is 2.55. The zero-order valence-electron chi connectivity index (χ0n) is 14.9. The molecular formula is C21H23NO3S. The van der Waals surface area contributed by atoms with E-state index >= 15 is 0 Å². The molecule has 0 bridgehead atoms. The van der Waals surface area contributed by atoms with E-state index in [2.05, 4.69) is 6.08 Å². The van der Waals surface area contributed by atoms with Crippen LogP contribution in [0.15, 0.2) is 51.5 Å². The van der Waals surface area contributed by atoms with Crippen LogP contribution >= 0.6 is 0 Å². The summed E-state index contributed by atoms with van der Waals surface area (Å²) in [7, 11) is -3.55. The Balaban J connectivity index is 1.67. The number of piperidine rings is 1. The fraction of sp³-hybridized carbons (Fsp3) is 0.429. The van der Waals surface area contributed by atoms with Crippen LogP contribution in [0.3, 0.4) is 0 Å². The lowest BCUT2D eigenvalue weighted by molar-refractivity contribution is 0.102. The van der Waals surface area contributed by atoms with Gasteiger partial charge in [0.15, 0.2) is 0 Å². The Labute approximate surface area is 154 Å². The average molecular weight is 369 g/mol. The lowest BCUT2D eigenvalue weighted by atomic mass is 9.65. The van der Waals surface area contributed by atoms with Crippen LogP contribution in [0.4, 0.5) is 0 Å². The van der Waals surface area contributed by atoms with E-state index in [-0.39, 0.29) is 11.5 Å². The fourth-order valence-electron chi connectivity index (χ4n) is 5.30. The van der Waals surface area contributed by atoms with Crippen molar-refractivity contribution in [2.45, 2.75) is 50.0 Å². The van der Waals surface area contributed by atoms with Crippen molar-refractivity contribution in [3.05, 3.63) is 59.1 Å². The van der Waals surface area contributed by atoms with Crippen molar-refractivity contribution in [1.29, 1.82) is 0 Å². The molecule has 0 radical (unpaired) electrons. The third-order valence-electron chi connectivity index (χ3n) is 6.48. The molecule has 3 aliphatic rings. The topological polar surface area (TPSA) is 50.5 Å². The van der Waals surface area contributed by atoms with Gasteiger partial charge in [-0.2, -0.15) is 4.31 Å². The van der Waals surface area contributed by atoms with Crippen molar-refractivity contribution in [3.63, 3.8) is 0 Å². The maximum Gasteiger partial charge on any atom is 0.243 e. The van der Waals surface area contributed by atoms with Crippen LogP contribution in [-0.4, -0.2) is 19.3 Å². The second-order valence-corrected chi connectivity index (χ2v) is 9.74. The number of furan rings is 1. The van der Waals surface area contributed by atoms with Crippen molar-refractivity contribution in [3.8, 4) is 0 Å². The van der Waals surface area contributed by atoms with E-state index < -0.39 is 10.0 Å². The summed E-state index contributed by atoms with van der Waals surface area (Å²) in [6.45, 7) is 2.54. The van der Waals surface area contributed by atoms with Crippen LogP contribution in [0.5, 0.6) is 0 Å². The Morgan fingerprint density at radius 2 is 1.88 bits per heavy atom. The van der Waals surface area contributed by atoms with Crippen molar-refractivity contribution in [2.24, 2.45) is 5.41 Å². The smallest absolute Gasteiger partial charge is 0.243 e. The molecular weight excluding hydrogens is 346 g/mol. The number of rotatable bonds is 2. The maximum absolute atomic E-state index is 13.5. The van der Waals surface area contributed by atoms with Crippen LogP contribution in [0.25, 0.3) is 6.08 Å². The minimum atomic E-state index is -3.55. The van der Waals surface area contributed by atoms with E-state index in [4.69, 9.17) is 4.42 Å². The molecule has 1 saturated heterocycles. The molecule has 26 heavy (non-hydrogen) atoms. The van der Waals surface area contributed by atoms with Gasteiger partial charge in [-0.1, -0.05) is 23.3 Å². The first-order chi connectivity index (χ1) is 12.5. The number of hydrogen-bond acceptors (Lipinski definition) is 3. The molecule has 1 saturated carbocycles. The Morgan fingerprint density at radius 1 is 1.12 bits per heavy atom. The van der Waals surface area contributed by atoms with Gasteiger partial charge in [-0.15, -0.1) is 0 Å². The summed E-state index contributed by atoms with van der Waals surface area (Å²) >= 11 is 0. The van der Waals surface area contributed by atoms with Gasteiger partial charge in [0.25, 0.3) is 0 Å². The fourth-order valence-corrected chi connectivity index (χ4v) is 7.01. The highest BCUT2D eigenvalue weighted by atomic mass is 32.2. The zero-order valence-corrected chi connectivity index (χ0v) is 15.8. The summed E-state index contributed by atoms with van der Waals surface area (Å²) in [4.78, 5) is 0.388. The van der Waals surface area contributed by atoms with Crippen LogP contribution < -0.4 is 0 Å². The van der Waals surface area contributed by atoms with Gasteiger partial charge in [-0.25, -0.2) is 8.42 Å². The van der Waals surface area contributed by atoms with E-state index in [0.29, 0.717) is 11.4 Å². The standard InChI is InChI=1S/C21H23NO3S/c1-15-5-7-17(8-6-15)26(23,24)22-12-3-11-21-10-2-4-16(21)14-19-18(20(21)22)9-13-25-19/h5-9,13-14,20H,2-4,10-12H2,1H3/t20-,21+/m0/s1. The van der Waals surface area contributed by atoms with E-state index in [1.54, 1.807) is 22.7 Å². The van der Waals surface area contributed by atoms with Crippen molar-refractivity contribution >= 4 is 16.1 Å². The minimum absolute atomic E-state index is 0.0487. The lowest BCUT2D eigenvalue weighted by Crippen LogP contribution is -2.49. The van der Waals surface area contributed by atoms with E-state index in [9.17, 15) is 8.42 Å². The van der Waals surface area contributed by atoms with Gasteiger partial charge in [0.05, 0.1) is 17.2 Å². The van der Waals surface area contributed by atoms with E-state index in [1.807, 2.05) is 25.1 Å². The molecule has 0 amide bonds. The first kappa shape index (κ1) is 16.3. The normalized spacial score (nSPS) is 28.2. The Morgan fingerprint density at radius 3 is 2.69 bits per heavy atom. The summed E-state index contributed by atoms with van der Waals surface area (Å²) in [5.74, 6) is 0.841. The van der Waals surface area contributed by atoms with Gasteiger partial charge in [0.2, 0.25) is 10.0 Å². The van der Waals surface area contributed by atoms with Gasteiger partial charge in [-0.3, -0.25) is 0 Å². The highest BCUT2D eigenvalue weighted by Crippen LogP contribution is 2.62. The van der Waals surface area contributed by atoms with Gasteiger partial charge < -0.3 is 4.42 Å². The third kappa shape index (κ3) is 2.13. The summed E-state index contributed by atoms with van der Waals surface area (Å²) in [6.07, 6.45) is 9.09. The van der Waals surface area contributed by atoms with Gasteiger partial charge in [0.1, 0.15) is 5.76 Å². The third-order valence-corrected chi connectivity index (χ3v) is 8.35. The quantitative estimate of drug-likeness (QED) is 0.772. The first-order valence-corrected chi connectivity index (χ1v) is 10.8. The number of sulfonamides is 1. The van der Waals surface area contributed by atoms with Crippen LogP contribution in [-0.2, 0) is 10.0 Å². The molecule has 5 heteroatoms. The second-order valence-electron chi connectivity index (χ2n) is 7.85. The molecule has 1 aromatic heterocycles. The number of nitrogens with zero attached hydrogens (tertiary/aromatic N) is 1.